The number of nitrogens with zero attached hydrogens (tertiary/aromatic N) is 2. The van der Waals surface area contributed by atoms with Crippen molar-refractivity contribution in [3.8, 4) is 17.2 Å². The zero-order valence-electron chi connectivity index (χ0n) is 20.5. The van der Waals surface area contributed by atoms with Crippen LogP contribution in [0.5, 0.6) is 17.2 Å². The predicted molar refractivity (Wildman–Crippen MR) is 141 cm³/mol. The Morgan fingerprint density at radius 3 is 2.59 bits per heavy atom. The van der Waals surface area contributed by atoms with Crippen molar-refractivity contribution in [2.24, 2.45) is 0 Å². The number of amides is 2. The molecule has 2 aliphatic rings. The molecule has 2 aromatic carbocycles. The third-order valence-corrected chi connectivity index (χ3v) is 9.04. The molecule has 0 saturated heterocycles. The number of nitrogens with one attached hydrogen (secondary N) is 2. The lowest BCUT2D eigenvalue weighted by Crippen LogP contribution is -2.45. The van der Waals surface area contributed by atoms with Crippen LogP contribution in [0.1, 0.15) is 25.5 Å². The fourth-order valence-electron chi connectivity index (χ4n) is 3.80. The lowest BCUT2D eigenvalue weighted by atomic mass is 10.2. The number of hydrogen-bond donors (Lipinski definition) is 2. The van der Waals surface area contributed by atoms with Crippen molar-refractivity contribution in [3.05, 3.63) is 54.2 Å². The van der Waals surface area contributed by atoms with Gasteiger partial charge in [0.15, 0.2) is 26.9 Å². The van der Waals surface area contributed by atoms with E-state index in [0.717, 1.165) is 24.2 Å². The molecule has 2 heterocycles. The Balaban J connectivity index is 1.40. The van der Waals surface area contributed by atoms with Crippen molar-refractivity contribution in [1.82, 2.24) is 9.71 Å². The summed E-state index contributed by atoms with van der Waals surface area (Å²) in [6.07, 6.45) is 1.15. The van der Waals surface area contributed by atoms with E-state index in [1.165, 1.54) is 4.90 Å². The number of urea groups is 1. The van der Waals surface area contributed by atoms with E-state index in [1.54, 1.807) is 37.3 Å². The Labute approximate surface area is 219 Å². The summed E-state index contributed by atoms with van der Waals surface area (Å²) < 4.78 is 45.9. The predicted octanol–water partition coefficient (Wildman–Crippen LogP) is 4.17. The molecule has 12 heteroatoms. The molecule has 5 rings (SSSR count). The maximum atomic E-state index is 13.5. The normalized spacial score (nSPS) is 16.8. The molecule has 2 amide bonds. The van der Waals surface area contributed by atoms with E-state index in [2.05, 4.69) is 15.0 Å². The molecule has 1 unspecified atom stereocenters. The number of rotatable bonds is 9. The number of fused-ring (bicyclic) bond motifs is 1. The Morgan fingerprint density at radius 1 is 1.16 bits per heavy atom. The largest absolute Gasteiger partial charge is 0.494 e. The van der Waals surface area contributed by atoms with Gasteiger partial charge in [0, 0.05) is 11.7 Å². The first-order valence-corrected chi connectivity index (χ1v) is 14.3. The summed E-state index contributed by atoms with van der Waals surface area (Å²) in [4.78, 5) is 19.3. The molecular formula is C25H28N4O6S2. The quantitative estimate of drug-likeness (QED) is 0.415. The average Bonchev–Trinajstić information content (AvgIpc) is 3.60. The van der Waals surface area contributed by atoms with Gasteiger partial charge >= 0.3 is 6.03 Å². The molecule has 0 radical (unpaired) electrons. The first kappa shape index (κ1) is 25.3. The fraction of sp³-hybridized carbons (Fsp3) is 0.360. The zero-order valence-corrected chi connectivity index (χ0v) is 22.1. The summed E-state index contributed by atoms with van der Waals surface area (Å²) in [7, 11) is -3.73. The fourth-order valence-corrected chi connectivity index (χ4v) is 6.64. The van der Waals surface area contributed by atoms with Gasteiger partial charge < -0.3 is 19.5 Å². The van der Waals surface area contributed by atoms with E-state index in [4.69, 9.17) is 14.2 Å². The molecule has 1 fully saturated rings. The minimum absolute atomic E-state index is 0.0399. The molecular weight excluding hydrogens is 516 g/mol. The summed E-state index contributed by atoms with van der Waals surface area (Å²) in [5.74, 6) is 1.91. The molecule has 10 nitrogen and oxygen atoms in total. The molecule has 1 aliphatic heterocycles. The van der Waals surface area contributed by atoms with Crippen molar-refractivity contribution < 1.29 is 27.4 Å². The monoisotopic (exact) mass is 544 g/mol. The average molecular weight is 545 g/mol. The number of benzene rings is 2. The van der Waals surface area contributed by atoms with Gasteiger partial charge in [0.1, 0.15) is 12.4 Å². The van der Waals surface area contributed by atoms with E-state index in [-0.39, 0.29) is 28.5 Å². The second-order valence-corrected chi connectivity index (χ2v) is 11.6. The van der Waals surface area contributed by atoms with E-state index < -0.39 is 22.2 Å². The number of anilines is 2. The summed E-state index contributed by atoms with van der Waals surface area (Å²) in [5, 5.41) is 3.11. The minimum atomic E-state index is -3.73. The molecule has 37 heavy (non-hydrogen) atoms. The molecule has 1 aromatic heterocycles. The second kappa shape index (κ2) is 10.6. The molecule has 1 aliphatic carbocycles. The Bertz CT molecular complexity index is 1370. The van der Waals surface area contributed by atoms with Gasteiger partial charge in [0.2, 0.25) is 0 Å². The van der Waals surface area contributed by atoms with Crippen LogP contribution in [-0.2, 0) is 10.0 Å². The van der Waals surface area contributed by atoms with Gasteiger partial charge in [-0.25, -0.2) is 22.9 Å². The van der Waals surface area contributed by atoms with Gasteiger partial charge in [-0.3, -0.25) is 4.90 Å². The van der Waals surface area contributed by atoms with Gasteiger partial charge in [-0.2, -0.15) is 0 Å². The van der Waals surface area contributed by atoms with Gasteiger partial charge in [-0.15, -0.1) is 0 Å². The lowest BCUT2D eigenvalue weighted by molar-refractivity contribution is 0.0962. The SMILES string of the molecule is CCOc1ccc(NC(=O)N(CC2COc3ccccc3O2)c2nc(C)c(S(=O)(=O)NC3CC3)s2)cc1. The van der Waals surface area contributed by atoms with Gasteiger partial charge in [0.25, 0.3) is 10.0 Å². The third-order valence-electron chi connectivity index (χ3n) is 5.73. The number of aryl methyl sites for hydroxylation is 1. The van der Waals surface area contributed by atoms with E-state index in [9.17, 15) is 13.2 Å². The maximum absolute atomic E-state index is 13.5. The number of hydrogen-bond acceptors (Lipinski definition) is 8. The highest BCUT2D eigenvalue weighted by Gasteiger charge is 2.33. The van der Waals surface area contributed by atoms with Gasteiger partial charge in [0.05, 0.1) is 18.8 Å². The van der Waals surface area contributed by atoms with Gasteiger partial charge in [-0.1, -0.05) is 23.5 Å². The summed E-state index contributed by atoms with van der Waals surface area (Å²) >= 11 is 0.954. The second-order valence-electron chi connectivity index (χ2n) is 8.76. The summed E-state index contributed by atoms with van der Waals surface area (Å²) in [5.41, 5.74) is 0.888. The van der Waals surface area contributed by atoms with Crippen molar-refractivity contribution in [3.63, 3.8) is 0 Å². The molecule has 1 atom stereocenters. The number of para-hydroxylation sites is 2. The minimum Gasteiger partial charge on any atom is -0.494 e. The van der Waals surface area contributed by atoms with E-state index >= 15 is 0 Å². The van der Waals surface area contributed by atoms with Crippen LogP contribution < -0.4 is 29.1 Å². The zero-order chi connectivity index (χ0) is 26.0. The van der Waals surface area contributed by atoms with Crippen LogP contribution in [0.2, 0.25) is 0 Å². The topological polar surface area (TPSA) is 119 Å². The van der Waals surface area contributed by atoms with Crippen LogP contribution >= 0.6 is 11.3 Å². The Morgan fingerprint density at radius 2 is 1.89 bits per heavy atom. The molecule has 0 bridgehead atoms. The number of aromatic nitrogens is 1. The van der Waals surface area contributed by atoms with Crippen molar-refractivity contribution in [2.75, 3.05) is 30.0 Å². The number of carbonyl (C=O) groups is 1. The highest BCUT2D eigenvalue weighted by Crippen LogP contribution is 2.34. The molecule has 196 valence electrons. The smallest absolute Gasteiger partial charge is 0.328 e. The van der Waals surface area contributed by atoms with Crippen LogP contribution in [0.3, 0.4) is 0 Å². The number of sulfonamides is 1. The van der Waals surface area contributed by atoms with Crippen LogP contribution in [0.15, 0.2) is 52.7 Å². The van der Waals surface area contributed by atoms with Gasteiger partial charge in [-0.05, 0) is 63.1 Å². The van der Waals surface area contributed by atoms with Crippen molar-refractivity contribution in [1.29, 1.82) is 0 Å². The Kier molecular flexibility index (Phi) is 7.22. The van der Waals surface area contributed by atoms with Crippen LogP contribution in [0.25, 0.3) is 0 Å². The lowest BCUT2D eigenvalue weighted by Gasteiger charge is -2.30. The van der Waals surface area contributed by atoms with Crippen molar-refractivity contribution in [2.45, 2.75) is 43.0 Å². The van der Waals surface area contributed by atoms with E-state index in [0.29, 0.717) is 35.2 Å². The number of ether oxygens (including phenoxy) is 3. The van der Waals surface area contributed by atoms with Crippen LogP contribution in [-0.4, -0.2) is 51.3 Å². The third kappa shape index (κ3) is 5.97. The van der Waals surface area contributed by atoms with E-state index in [1.807, 2.05) is 25.1 Å². The first-order valence-electron chi connectivity index (χ1n) is 12.0. The maximum Gasteiger partial charge on any atom is 0.328 e. The molecule has 2 N–H and O–H groups in total. The van der Waals surface area contributed by atoms with Crippen LogP contribution in [0.4, 0.5) is 15.6 Å². The number of thiazole rings is 1. The van der Waals surface area contributed by atoms with Crippen molar-refractivity contribution >= 4 is 38.2 Å². The summed E-state index contributed by atoms with van der Waals surface area (Å²) in [6, 6.07) is 13.8. The molecule has 1 saturated carbocycles. The summed E-state index contributed by atoms with van der Waals surface area (Å²) in [6.45, 7) is 4.38. The highest BCUT2D eigenvalue weighted by atomic mass is 32.2. The number of carbonyl (C=O) groups excluding carboxylic acids is 1. The Hall–Kier alpha value is -3.35. The first-order chi connectivity index (χ1) is 17.8. The molecule has 3 aromatic rings. The highest BCUT2D eigenvalue weighted by molar-refractivity contribution is 7.91. The van der Waals surface area contributed by atoms with Crippen LogP contribution in [0, 0.1) is 6.92 Å². The molecule has 0 spiro atoms. The standard InChI is InChI=1S/C25H28N4O6S2/c1-3-33-19-12-10-17(11-13-19)27-24(30)29(14-20-15-34-21-6-4-5-7-22(21)35-20)25-26-16(2)23(36-25)37(31,32)28-18-8-9-18/h4-7,10-13,18,20,28H,3,8-9,14-15H2,1-2H3,(H,27,30).